The first-order chi connectivity index (χ1) is 18.5. The summed E-state index contributed by atoms with van der Waals surface area (Å²) < 4.78 is 21.6. The van der Waals surface area contributed by atoms with Crippen LogP contribution in [-0.4, -0.2) is 52.8 Å². The number of benzene rings is 3. The molecule has 4 aromatic rings. The summed E-state index contributed by atoms with van der Waals surface area (Å²) in [7, 11) is 0. The number of nitrogens with zero attached hydrogens (tertiary/aromatic N) is 3. The van der Waals surface area contributed by atoms with Crippen molar-refractivity contribution in [3.05, 3.63) is 112 Å². The summed E-state index contributed by atoms with van der Waals surface area (Å²) in [5, 5.41) is 7.55. The zero-order valence-electron chi connectivity index (χ0n) is 20.3. The molecule has 1 saturated heterocycles. The molecule has 0 aliphatic carbocycles. The fourth-order valence-corrected chi connectivity index (χ4v) is 4.34. The van der Waals surface area contributed by atoms with E-state index in [9.17, 15) is 14.0 Å². The van der Waals surface area contributed by atoms with Crippen LogP contribution in [0.3, 0.4) is 0 Å². The van der Waals surface area contributed by atoms with E-state index < -0.39 is 5.91 Å². The molecule has 0 unspecified atom stereocenters. The van der Waals surface area contributed by atoms with Gasteiger partial charge in [-0.15, -0.1) is 0 Å². The van der Waals surface area contributed by atoms with Gasteiger partial charge in [-0.25, -0.2) is 9.07 Å². The first kappa shape index (κ1) is 25.6. The van der Waals surface area contributed by atoms with Crippen molar-refractivity contribution in [2.24, 2.45) is 0 Å². The molecule has 2 amide bonds. The smallest absolute Gasteiger partial charge is 0.270 e. The lowest BCUT2D eigenvalue weighted by molar-refractivity contribution is -0.131. The normalized spacial score (nSPS) is 13.8. The highest BCUT2D eigenvalue weighted by Gasteiger charge is 2.24. The van der Waals surface area contributed by atoms with Crippen LogP contribution in [0.25, 0.3) is 23.0 Å². The molecule has 1 aromatic heterocycles. The molecule has 0 saturated carbocycles. The minimum Gasteiger partial charge on any atom is -0.378 e. The number of aromatic nitrogens is 2. The molecule has 0 bridgehead atoms. The van der Waals surface area contributed by atoms with Gasteiger partial charge in [0.1, 0.15) is 17.2 Å². The van der Waals surface area contributed by atoms with E-state index >= 15 is 0 Å². The molecule has 0 spiro atoms. The number of morpholine rings is 1. The quantitative estimate of drug-likeness (QED) is 0.326. The Balaban J connectivity index is 1.58. The second-order valence-electron chi connectivity index (χ2n) is 8.64. The van der Waals surface area contributed by atoms with Crippen molar-refractivity contribution in [3.63, 3.8) is 0 Å². The van der Waals surface area contributed by atoms with Crippen molar-refractivity contribution in [1.82, 2.24) is 20.0 Å². The number of rotatable bonds is 6. The molecular weight excluding hydrogens is 551 g/mol. The molecule has 1 N–H and O–H groups in total. The summed E-state index contributed by atoms with van der Waals surface area (Å²) in [6, 6.07) is 22.4. The van der Waals surface area contributed by atoms with Gasteiger partial charge in [-0.3, -0.25) is 9.59 Å². The maximum Gasteiger partial charge on any atom is 0.270 e. The van der Waals surface area contributed by atoms with Crippen LogP contribution >= 0.6 is 15.9 Å². The van der Waals surface area contributed by atoms with Crippen molar-refractivity contribution in [2.75, 3.05) is 26.3 Å². The fourth-order valence-electron chi connectivity index (χ4n) is 4.08. The van der Waals surface area contributed by atoms with Gasteiger partial charge in [0, 0.05) is 40.4 Å². The summed E-state index contributed by atoms with van der Waals surface area (Å²) in [6.07, 6.45) is 3.41. The van der Waals surface area contributed by atoms with E-state index in [0.717, 1.165) is 10.2 Å². The van der Waals surface area contributed by atoms with E-state index in [2.05, 4.69) is 21.2 Å². The predicted molar refractivity (Wildman–Crippen MR) is 146 cm³/mol. The highest BCUT2D eigenvalue weighted by atomic mass is 79.9. The van der Waals surface area contributed by atoms with E-state index in [1.54, 1.807) is 58.3 Å². The summed E-state index contributed by atoms with van der Waals surface area (Å²) in [5.74, 6) is -1.10. The summed E-state index contributed by atoms with van der Waals surface area (Å²) in [4.78, 5) is 28.4. The summed E-state index contributed by atoms with van der Waals surface area (Å²) in [5.41, 5.74) is 3.14. The van der Waals surface area contributed by atoms with Crippen LogP contribution in [0.4, 0.5) is 4.39 Å². The number of hydrogen-bond acceptors (Lipinski definition) is 4. The SMILES string of the molecule is O=C(NC(=Cc1cn(-c2ccccc2)nc1-c1ccc(F)cc1)C(=O)N1CCOCC1)c1ccc(Br)cc1. The van der Waals surface area contributed by atoms with Crippen molar-refractivity contribution in [2.45, 2.75) is 0 Å². The number of halogens is 2. The van der Waals surface area contributed by atoms with Gasteiger partial charge in [0.05, 0.1) is 18.9 Å². The number of ether oxygens (including phenoxy) is 1. The average molecular weight is 575 g/mol. The van der Waals surface area contributed by atoms with Crippen molar-refractivity contribution < 1.29 is 18.7 Å². The molecule has 3 aromatic carbocycles. The Morgan fingerprint density at radius 3 is 2.32 bits per heavy atom. The number of carbonyl (C=O) groups is 2. The van der Waals surface area contributed by atoms with Crippen LogP contribution in [0.5, 0.6) is 0 Å². The molecule has 1 aliphatic rings. The Morgan fingerprint density at radius 2 is 1.63 bits per heavy atom. The maximum absolute atomic E-state index is 13.7. The van der Waals surface area contributed by atoms with E-state index in [1.165, 1.54) is 12.1 Å². The second-order valence-corrected chi connectivity index (χ2v) is 9.56. The van der Waals surface area contributed by atoms with E-state index in [4.69, 9.17) is 9.84 Å². The third-order valence-corrected chi connectivity index (χ3v) is 6.59. The number of nitrogens with one attached hydrogen (secondary N) is 1. The molecule has 2 heterocycles. The summed E-state index contributed by atoms with van der Waals surface area (Å²) in [6.45, 7) is 1.68. The van der Waals surface area contributed by atoms with Crippen LogP contribution in [0.2, 0.25) is 0 Å². The topological polar surface area (TPSA) is 76.5 Å². The standard InChI is InChI=1S/C29H24BrFN4O3/c30-23-10-6-21(7-11-23)28(36)32-26(29(37)34-14-16-38-17-15-34)18-22-19-35(25-4-2-1-3-5-25)33-27(22)20-8-12-24(31)13-9-20/h1-13,18-19H,14-17H2,(H,32,36). The molecule has 9 heteroatoms. The molecule has 1 aliphatic heterocycles. The van der Waals surface area contributed by atoms with Crippen molar-refractivity contribution in [3.8, 4) is 16.9 Å². The van der Waals surface area contributed by atoms with Crippen LogP contribution in [0.15, 0.2) is 95.2 Å². The third-order valence-electron chi connectivity index (χ3n) is 6.06. The van der Waals surface area contributed by atoms with E-state index in [-0.39, 0.29) is 17.4 Å². The summed E-state index contributed by atoms with van der Waals surface area (Å²) >= 11 is 3.37. The Labute approximate surface area is 227 Å². The second kappa shape index (κ2) is 11.5. The number of carbonyl (C=O) groups excluding carboxylic acids is 2. The Hall–Kier alpha value is -4.08. The first-order valence-electron chi connectivity index (χ1n) is 12.0. The molecule has 38 heavy (non-hydrogen) atoms. The van der Waals surface area contributed by atoms with Gasteiger partial charge in [-0.2, -0.15) is 5.10 Å². The van der Waals surface area contributed by atoms with Gasteiger partial charge in [0.15, 0.2) is 0 Å². The zero-order valence-corrected chi connectivity index (χ0v) is 21.9. The Bertz CT molecular complexity index is 1460. The van der Waals surface area contributed by atoms with Gasteiger partial charge < -0.3 is 15.0 Å². The van der Waals surface area contributed by atoms with Crippen LogP contribution in [-0.2, 0) is 9.53 Å². The molecule has 7 nitrogen and oxygen atoms in total. The van der Waals surface area contributed by atoms with Crippen LogP contribution < -0.4 is 5.32 Å². The fraction of sp³-hybridized carbons (Fsp3) is 0.138. The van der Waals surface area contributed by atoms with Gasteiger partial charge in [-0.05, 0) is 66.7 Å². The number of para-hydroxylation sites is 1. The molecule has 0 atom stereocenters. The zero-order chi connectivity index (χ0) is 26.5. The monoisotopic (exact) mass is 574 g/mol. The van der Waals surface area contributed by atoms with Crippen LogP contribution in [0, 0.1) is 5.82 Å². The maximum atomic E-state index is 13.7. The van der Waals surface area contributed by atoms with Crippen molar-refractivity contribution >= 4 is 33.8 Å². The Kier molecular flexibility index (Phi) is 7.76. The van der Waals surface area contributed by atoms with Gasteiger partial charge in [-0.1, -0.05) is 34.1 Å². The molecule has 0 radical (unpaired) electrons. The van der Waals surface area contributed by atoms with E-state index in [0.29, 0.717) is 48.7 Å². The molecule has 1 fully saturated rings. The largest absolute Gasteiger partial charge is 0.378 e. The molecular formula is C29H24BrFN4O3. The highest BCUT2D eigenvalue weighted by Crippen LogP contribution is 2.26. The van der Waals surface area contributed by atoms with Crippen molar-refractivity contribution in [1.29, 1.82) is 0 Å². The third kappa shape index (κ3) is 5.90. The number of amides is 2. The first-order valence-corrected chi connectivity index (χ1v) is 12.8. The molecule has 192 valence electrons. The van der Waals surface area contributed by atoms with Gasteiger partial charge in [0.2, 0.25) is 0 Å². The van der Waals surface area contributed by atoms with Gasteiger partial charge >= 0.3 is 0 Å². The Morgan fingerprint density at radius 1 is 0.947 bits per heavy atom. The predicted octanol–water partition coefficient (Wildman–Crippen LogP) is 5.07. The lowest BCUT2D eigenvalue weighted by Crippen LogP contribution is -2.44. The average Bonchev–Trinajstić information content (AvgIpc) is 3.37. The van der Waals surface area contributed by atoms with Gasteiger partial charge in [0.25, 0.3) is 11.8 Å². The minimum absolute atomic E-state index is 0.107. The van der Waals surface area contributed by atoms with E-state index in [1.807, 2.05) is 30.3 Å². The lowest BCUT2D eigenvalue weighted by atomic mass is 10.1. The molecule has 5 rings (SSSR count). The lowest BCUT2D eigenvalue weighted by Gasteiger charge is -2.27. The van der Waals surface area contributed by atoms with Crippen LogP contribution in [0.1, 0.15) is 15.9 Å². The minimum atomic E-state index is -0.413. The number of hydrogen-bond donors (Lipinski definition) is 1. The highest BCUT2D eigenvalue weighted by molar-refractivity contribution is 9.10.